The van der Waals surface area contributed by atoms with E-state index in [1.54, 1.807) is 11.8 Å². The number of H-pyrrole nitrogens is 1. The number of aromatic nitrogens is 3. The van der Waals surface area contributed by atoms with Gasteiger partial charge in [0.15, 0.2) is 5.16 Å². The van der Waals surface area contributed by atoms with E-state index in [0.29, 0.717) is 0 Å². The van der Waals surface area contributed by atoms with Crippen LogP contribution in [0.25, 0.3) is 11.0 Å². The smallest absolute Gasteiger partial charge is 0.167 e. The molecule has 1 atom stereocenters. The first-order valence-electron chi connectivity index (χ1n) is 7.47. The van der Waals surface area contributed by atoms with Crippen LogP contribution in [0, 0.1) is 0 Å². The third kappa shape index (κ3) is 2.98. The molecule has 2 aromatic carbocycles. The van der Waals surface area contributed by atoms with E-state index in [-0.39, 0.29) is 5.25 Å². The molecule has 1 N–H and O–H groups in total. The summed E-state index contributed by atoms with van der Waals surface area (Å²) < 4.78 is 0. The van der Waals surface area contributed by atoms with Crippen LogP contribution in [0.4, 0.5) is 0 Å². The van der Waals surface area contributed by atoms with Crippen LogP contribution in [0.3, 0.4) is 0 Å². The van der Waals surface area contributed by atoms with E-state index in [2.05, 4.69) is 45.3 Å². The molecule has 0 spiro atoms. The van der Waals surface area contributed by atoms with E-state index in [4.69, 9.17) is 0 Å². The maximum atomic E-state index is 4.68. The summed E-state index contributed by atoms with van der Waals surface area (Å²) in [6.07, 6.45) is 1.84. The zero-order valence-corrected chi connectivity index (χ0v) is 13.2. The van der Waals surface area contributed by atoms with E-state index < -0.39 is 0 Å². The number of pyridine rings is 1. The van der Waals surface area contributed by atoms with Crippen LogP contribution in [-0.2, 0) is 0 Å². The predicted octanol–water partition coefficient (Wildman–Crippen LogP) is 4.84. The molecule has 0 aliphatic carbocycles. The van der Waals surface area contributed by atoms with Crippen molar-refractivity contribution in [2.75, 3.05) is 0 Å². The Balaban J connectivity index is 1.73. The van der Waals surface area contributed by atoms with Crippen LogP contribution in [-0.4, -0.2) is 15.0 Å². The van der Waals surface area contributed by atoms with Gasteiger partial charge < -0.3 is 4.98 Å². The highest BCUT2D eigenvalue weighted by Gasteiger charge is 2.18. The lowest BCUT2D eigenvalue weighted by atomic mass is 10.1. The van der Waals surface area contributed by atoms with Crippen molar-refractivity contribution in [1.29, 1.82) is 0 Å². The van der Waals surface area contributed by atoms with Crippen molar-refractivity contribution in [2.24, 2.45) is 0 Å². The van der Waals surface area contributed by atoms with Gasteiger partial charge in [-0.2, -0.15) is 0 Å². The summed E-state index contributed by atoms with van der Waals surface area (Å²) in [6.45, 7) is 0. The molecule has 0 aliphatic rings. The summed E-state index contributed by atoms with van der Waals surface area (Å²) >= 11 is 1.69. The number of imidazole rings is 1. The normalized spacial score (nSPS) is 12.3. The Labute approximate surface area is 138 Å². The van der Waals surface area contributed by atoms with Crippen molar-refractivity contribution in [3.63, 3.8) is 0 Å². The average molecular weight is 317 g/mol. The quantitative estimate of drug-likeness (QED) is 0.548. The van der Waals surface area contributed by atoms with Gasteiger partial charge in [-0.05, 0) is 29.8 Å². The number of aromatic amines is 1. The molecule has 0 amide bonds. The number of benzene rings is 2. The first-order valence-corrected chi connectivity index (χ1v) is 8.35. The molecular formula is C19H15N3S. The molecule has 0 fully saturated rings. The molecule has 0 aliphatic heterocycles. The van der Waals surface area contributed by atoms with Crippen LogP contribution in [0.15, 0.2) is 84.1 Å². The summed E-state index contributed by atoms with van der Waals surface area (Å²) in [5, 5.41) is 1.02. The highest BCUT2D eigenvalue weighted by atomic mass is 32.2. The minimum Gasteiger partial charge on any atom is -0.333 e. The van der Waals surface area contributed by atoms with E-state index in [0.717, 1.165) is 21.9 Å². The molecule has 4 heteroatoms. The molecule has 1 unspecified atom stereocenters. The van der Waals surface area contributed by atoms with Crippen molar-refractivity contribution in [1.82, 2.24) is 15.0 Å². The summed E-state index contributed by atoms with van der Waals surface area (Å²) in [5.74, 6) is 0. The first kappa shape index (κ1) is 14.0. The van der Waals surface area contributed by atoms with Crippen LogP contribution >= 0.6 is 11.8 Å². The molecule has 4 rings (SSSR count). The van der Waals surface area contributed by atoms with Gasteiger partial charge in [0, 0.05) is 6.20 Å². The number of hydrogen-bond acceptors (Lipinski definition) is 3. The highest BCUT2D eigenvalue weighted by molar-refractivity contribution is 7.99. The van der Waals surface area contributed by atoms with E-state index in [1.165, 1.54) is 5.56 Å². The summed E-state index contributed by atoms with van der Waals surface area (Å²) in [5.41, 5.74) is 4.30. The molecule has 0 saturated carbocycles. The Morgan fingerprint density at radius 2 is 1.61 bits per heavy atom. The van der Waals surface area contributed by atoms with Gasteiger partial charge in [-0.25, -0.2) is 4.98 Å². The number of thioether (sulfide) groups is 1. The second-order valence-corrected chi connectivity index (χ2v) is 6.32. The van der Waals surface area contributed by atoms with E-state index in [1.807, 2.05) is 48.7 Å². The maximum Gasteiger partial charge on any atom is 0.167 e. The third-order valence-corrected chi connectivity index (χ3v) is 4.82. The number of hydrogen-bond donors (Lipinski definition) is 1. The Kier molecular flexibility index (Phi) is 3.82. The molecule has 0 saturated heterocycles. The lowest BCUT2D eigenvalue weighted by Crippen LogP contribution is -1.99. The summed E-state index contributed by atoms with van der Waals surface area (Å²) in [6, 6.07) is 24.5. The predicted molar refractivity (Wildman–Crippen MR) is 94.5 cm³/mol. The van der Waals surface area contributed by atoms with Gasteiger partial charge in [0.25, 0.3) is 0 Å². The minimum absolute atomic E-state index is 0.109. The number of rotatable bonds is 4. The van der Waals surface area contributed by atoms with Gasteiger partial charge in [0.1, 0.15) is 0 Å². The largest absolute Gasteiger partial charge is 0.333 e. The van der Waals surface area contributed by atoms with Crippen molar-refractivity contribution in [3.8, 4) is 0 Å². The number of nitrogens with zero attached hydrogens (tertiary/aromatic N) is 2. The number of para-hydroxylation sites is 2. The highest BCUT2D eigenvalue weighted by Crippen LogP contribution is 2.38. The fourth-order valence-corrected chi connectivity index (χ4v) is 3.65. The van der Waals surface area contributed by atoms with Crippen LogP contribution in [0.5, 0.6) is 0 Å². The van der Waals surface area contributed by atoms with Gasteiger partial charge in [0.05, 0.1) is 22.0 Å². The Bertz CT molecular complexity index is 831. The molecular weight excluding hydrogens is 302 g/mol. The van der Waals surface area contributed by atoms with Gasteiger partial charge in [0.2, 0.25) is 0 Å². The third-order valence-electron chi connectivity index (χ3n) is 3.66. The Morgan fingerprint density at radius 1 is 0.826 bits per heavy atom. The number of nitrogens with one attached hydrogen (secondary N) is 1. The fourth-order valence-electron chi connectivity index (χ4n) is 2.55. The minimum atomic E-state index is 0.109. The maximum absolute atomic E-state index is 4.68. The second-order valence-electron chi connectivity index (χ2n) is 5.22. The molecule has 2 heterocycles. The molecule has 112 valence electrons. The van der Waals surface area contributed by atoms with E-state index >= 15 is 0 Å². The Hall–Kier alpha value is -2.59. The topological polar surface area (TPSA) is 41.6 Å². The van der Waals surface area contributed by atoms with Crippen LogP contribution in [0.1, 0.15) is 16.5 Å². The molecule has 0 radical (unpaired) electrons. The van der Waals surface area contributed by atoms with Gasteiger partial charge >= 0.3 is 0 Å². The average Bonchev–Trinajstić information content (AvgIpc) is 3.04. The van der Waals surface area contributed by atoms with Gasteiger partial charge in [-0.15, -0.1) is 0 Å². The van der Waals surface area contributed by atoms with Crippen LogP contribution < -0.4 is 0 Å². The number of fused-ring (bicyclic) bond motifs is 1. The molecule has 23 heavy (non-hydrogen) atoms. The standard InChI is InChI=1S/C19H15N3S/c1-2-8-14(9-3-1)18(17-12-6-7-13-20-17)23-19-21-15-10-4-5-11-16(15)22-19/h1-13,18H,(H,21,22). The molecule has 0 bridgehead atoms. The van der Waals surface area contributed by atoms with Crippen molar-refractivity contribution in [2.45, 2.75) is 10.4 Å². The lowest BCUT2D eigenvalue weighted by Gasteiger charge is -2.15. The van der Waals surface area contributed by atoms with E-state index in [9.17, 15) is 0 Å². The Morgan fingerprint density at radius 3 is 2.39 bits per heavy atom. The SMILES string of the molecule is c1ccc(C(Sc2nc3ccccc3[nH]2)c2ccccn2)cc1. The first-order chi connectivity index (χ1) is 11.4. The van der Waals surface area contributed by atoms with Crippen LogP contribution in [0.2, 0.25) is 0 Å². The van der Waals surface area contributed by atoms with Crippen molar-refractivity contribution < 1.29 is 0 Å². The second kappa shape index (κ2) is 6.26. The molecule has 4 aromatic rings. The molecule has 3 nitrogen and oxygen atoms in total. The zero-order valence-electron chi connectivity index (χ0n) is 12.4. The summed E-state index contributed by atoms with van der Waals surface area (Å²) in [7, 11) is 0. The van der Waals surface area contributed by atoms with Gasteiger partial charge in [-0.1, -0.05) is 60.3 Å². The summed E-state index contributed by atoms with van der Waals surface area (Å²) in [4.78, 5) is 12.6. The van der Waals surface area contributed by atoms with Crippen molar-refractivity contribution >= 4 is 22.8 Å². The van der Waals surface area contributed by atoms with Crippen molar-refractivity contribution in [3.05, 3.63) is 90.3 Å². The molecule has 2 aromatic heterocycles. The fraction of sp³-hybridized carbons (Fsp3) is 0.0526. The van der Waals surface area contributed by atoms with Gasteiger partial charge in [-0.3, -0.25) is 4.98 Å². The lowest BCUT2D eigenvalue weighted by molar-refractivity contribution is 1.02. The monoisotopic (exact) mass is 317 g/mol. The zero-order chi connectivity index (χ0) is 15.5.